The minimum Gasteiger partial charge on any atom is -0.0471 e. The Morgan fingerprint density at radius 1 is 2.00 bits per heavy atom. The van der Waals surface area contributed by atoms with E-state index in [9.17, 15) is 0 Å². The van der Waals surface area contributed by atoms with E-state index in [1.807, 2.05) is 0 Å². The summed E-state index contributed by atoms with van der Waals surface area (Å²) in [5.41, 5.74) is 2.50. The fraction of sp³-hybridized carbons (Fsp3) is 1.00. The molecule has 0 bridgehead atoms. The van der Waals surface area contributed by atoms with Crippen LogP contribution in [-0.4, -0.2) is 6.00 Å². The quantitative estimate of drug-likeness (QED) is 0.236. The van der Waals surface area contributed by atoms with Gasteiger partial charge in [0, 0.05) is 0 Å². The second-order valence-electron chi connectivity index (χ2n) is 0.261. The third-order valence-electron chi connectivity index (χ3n) is 0.0535. The molecule has 0 rings (SSSR count). The molecule has 0 aromatic heterocycles. The van der Waals surface area contributed by atoms with Crippen LogP contribution in [0.4, 0.5) is 0 Å². The van der Waals surface area contributed by atoms with Crippen LogP contribution in [-0.2, 0) is 0 Å². The van der Waals surface area contributed by atoms with Crippen LogP contribution >= 0.6 is 11.6 Å². The molecule has 4 radical (unpaired) electrons. The van der Waals surface area contributed by atoms with Gasteiger partial charge in [-0.1, -0.05) is 0 Å². The van der Waals surface area contributed by atoms with Crippen LogP contribution in [0.15, 0.2) is 0 Å². The van der Waals surface area contributed by atoms with Gasteiger partial charge < -0.3 is 0 Å². The molecule has 0 amide bonds. The van der Waals surface area contributed by atoms with Crippen molar-refractivity contribution in [3.05, 3.63) is 0 Å². The molecule has 0 saturated heterocycles. The molecule has 4 heavy (non-hydrogen) atoms. The molecule has 0 aliphatic heterocycles. The highest BCUT2D eigenvalue weighted by Gasteiger charge is 1.85. The number of rotatable bonds is 1. The van der Waals surface area contributed by atoms with Crippen molar-refractivity contribution >= 4 is 11.6 Å². The molecular weight excluding hydrogens is 75.5 g/mol. The average Bonchev–Trinajstić information content (AvgIpc) is 1.37. The zero-order chi connectivity index (χ0) is 3.41. The number of alkyl halides is 1. The summed E-state index contributed by atoms with van der Waals surface area (Å²) in [7, 11) is 0. The Morgan fingerprint density at radius 3 is 2.25 bits per heavy atom. The van der Waals surface area contributed by atoms with E-state index in [0.717, 1.165) is 0 Å². The van der Waals surface area contributed by atoms with Gasteiger partial charge in [0.05, 0.1) is 0 Å². The Labute approximate surface area is 29.9 Å². The van der Waals surface area contributed by atoms with E-state index in [2.05, 4.69) is 5.43 Å². The lowest BCUT2D eigenvalue weighted by atomic mass is 11.5. The normalized spacial score (nSPS) is 7.50. The van der Waals surface area contributed by atoms with Crippen molar-refractivity contribution in [3.8, 4) is 0 Å². The first-order valence-electron chi connectivity index (χ1n) is 0.783. The first-order chi connectivity index (χ1) is 1.91. The number of halogens is 1. The highest BCUT2D eigenvalue weighted by molar-refractivity contribution is 6.17. The summed E-state index contributed by atoms with van der Waals surface area (Å²) in [6.07, 6.45) is 0. The summed E-state index contributed by atoms with van der Waals surface area (Å²) < 4.78 is 0. The summed E-state index contributed by atoms with van der Waals surface area (Å²) >= 11 is 4.77. The minimum absolute atomic E-state index is 0.0278. The summed E-state index contributed by atoms with van der Waals surface area (Å²) in [5.74, 6) is 7.37. The van der Waals surface area contributed by atoms with Crippen LogP contribution < -0.4 is 11.3 Å². The van der Waals surface area contributed by atoms with Crippen molar-refractivity contribution in [1.82, 2.24) is 11.3 Å². The molecule has 0 atom stereocenters. The molecule has 0 unspecified atom stereocenters. The predicted octanol–water partition coefficient (Wildman–Crippen LogP) is -0.229. The zero-order valence-electron chi connectivity index (χ0n) is 1.98. The topological polar surface area (TPSA) is 36.4 Å². The molecule has 0 aromatic carbocycles. The first kappa shape index (κ1) is 4.21. The van der Waals surface area contributed by atoms with Crippen LogP contribution in [0.3, 0.4) is 0 Å². The van der Waals surface area contributed by atoms with Crippen LogP contribution in [0.2, 0.25) is 0 Å². The Morgan fingerprint density at radius 2 is 2.25 bits per heavy atom. The maximum atomic E-state index is 7.37. The number of hydrogen-bond donors (Lipinski definition) is 0. The van der Waals surface area contributed by atoms with Gasteiger partial charge in [-0.15, -0.1) is 0 Å². The first-order valence-corrected chi connectivity index (χ1v) is 1.32. The molecule has 0 saturated carbocycles. The van der Waals surface area contributed by atoms with Crippen molar-refractivity contribution in [1.29, 1.82) is 0 Å². The van der Waals surface area contributed by atoms with Gasteiger partial charge in [0.1, 0.15) is 0 Å². The SMILES string of the molecule is [N][N+]CCl. The second-order valence-corrected chi connectivity index (χ2v) is 0.500. The Balaban J connectivity index is 1.97. The average molecular weight is 77.5 g/mol. The molecule has 0 spiro atoms. The van der Waals surface area contributed by atoms with Gasteiger partial charge >= 0.3 is 0 Å². The van der Waals surface area contributed by atoms with Crippen molar-refractivity contribution in [2.24, 2.45) is 0 Å². The standard InChI is InChI=1S/CH2ClN2/c2-1-4-3/h1H2/q+1. The predicted molar refractivity (Wildman–Crippen MR) is 15.0 cm³/mol. The summed E-state index contributed by atoms with van der Waals surface area (Å²) in [6, 6.07) is -0.0278. The molecule has 0 N–H and O–H groups in total. The van der Waals surface area contributed by atoms with Crippen LogP contribution in [0.1, 0.15) is 0 Å². The van der Waals surface area contributed by atoms with Crippen LogP contribution in [0.5, 0.6) is 0 Å². The Bertz CT molecular complexity index is 8.00. The second kappa shape index (κ2) is 3.21. The van der Waals surface area contributed by atoms with Gasteiger partial charge in [0.2, 0.25) is 5.43 Å². The van der Waals surface area contributed by atoms with Gasteiger partial charge in [-0.2, -0.15) is 0 Å². The zero-order valence-corrected chi connectivity index (χ0v) is 2.74. The Kier molecular flexibility index (Phi) is 3.38. The van der Waals surface area contributed by atoms with E-state index in [0.29, 0.717) is 0 Å². The molecular formula is CH2ClN2+. The van der Waals surface area contributed by atoms with Gasteiger partial charge in [-0.05, 0) is 11.6 Å². The van der Waals surface area contributed by atoms with Gasteiger partial charge in [0.25, 0.3) is 11.8 Å². The lowest BCUT2D eigenvalue weighted by Gasteiger charge is -1.40. The highest BCUT2D eigenvalue weighted by atomic mass is 35.5. The fourth-order valence-corrected chi connectivity index (χ4v) is 0. The van der Waals surface area contributed by atoms with E-state index in [-0.39, 0.29) is 6.00 Å². The fourth-order valence-electron chi connectivity index (χ4n) is 0. The molecule has 2 nitrogen and oxygen atoms in total. The van der Waals surface area contributed by atoms with Crippen molar-refractivity contribution in [2.45, 2.75) is 0 Å². The highest BCUT2D eigenvalue weighted by Crippen LogP contribution is 1.57. The van der Waals surface area contributed by atoms with Crippen LogP contribution in [0.25, 0.3) is 0 Å². The lowest BCUT2D eigenvalue weighted by Crippen LogP contribution is -1.92. The van der Waals surface area contributed by atoms with Crippen molar-refractivity contribution < 1.29 is 0 Å². The maximum Gasteiger partial charge on any atom is 0.289 e. The smallest absolute Gasteiger partial charge is 0.0471 e. The molecule has 0 heterocycles. The summed E-state index contributed by atoms with van der Waals surface area (Å²) in [6.45, 7) is 0. The molecule has 0 aliphatic carbocycles. The van der Waals surface area contributed by atoms with E-state index < -0.39 is 0 Å². The molecule has 22 valence electrons. The van der Waals surface area contributed by atoms with E-state index in [1.165, 1.54) is 0 Å². The Hall–Kier alpha value is 0.210. The maximum absolute atomic E-state index is 7.37. The van der Waals surface area contributed by atoms with E-state index in [4.69, 9.17) is 17.4 Å². The van der Waals surface area contributed by atoms with Crippen LogP contribution in [0, 0.1) is 0 Å². The number of hydrogen-bond acceptors (Lipinski definition) is 0. The minimum atomic E-state index is -0.0278. The summed E-state index contributed by atoms with van der Waals surface area (Å²) in [4.78, 5) is 0. The van der Waals surface area contributed by atoms with Crippen molar-refractivity contribution in [2.75, 3.05) is 6.00 Å². The lowest BCUT2D eigenvalue weighted by molar-refractivity contribution is 0.808. The molecule has 3 heteroatoms. The van der Waals surface area contributed by atoms with Gasteiger partial charge in [-0.25, -0.2) is 0 Å². The van der Waals surface area contributed by atoms with Gasteiger partial charge in [-0.3, -0.25) is 0 Å². The van der Waals surface area contributed by atoms with E-state index in [1.54, 1.807) is 0 Å². The molecule has 0 aromatic rings. The third kappa shape index (κ3) is 2.21. The summed E-state index contributed by atoms with van der Waals surface area (Å²) in [5, 5.41) is 0. The van der Waals surface area contributed by atoms with E-state index >= 15 is 0 Å². The number of nitrogens with zero attached hydrogens (tertiary/aromatic N) is 2. The third-order valence-corrected chi connectivity index (χ3v) is 0.160. The van der Waals surface area contributed by atoms with Gasteiger partial charge in [0.15, 0.2) is 0 Å². The molecule has 0 aliphatic rings. The molecule has 0 fully saturated rings. The largest absolute Gasteiger partial charge is 0.289 e. The van der Waals surface area contributed by atoms with Crippen molar-refractivity contribution in [3.63, 3.8) is 0 Å². The monoisotopic (exact) mass is 77.0 g/mol.